The molecule has 18 heavy (non-hydrogen) atoms. The normalized spacial score (nSPS) is 10.6. The molecule has 2 aromatic heterocycles. The Hall–Kier alpha value is -1.76. The second-order valence-corrected chi connectivity index (χ2v) is 4.64. The van der Waals surface area contributed by atoms with Crippen LogP contribution in [0.2, 0.25) is 0 Å². The minimum absolute atomic E-state index is 0.198. The second-order valence-electron chi connectivity index (χ2n) is 3.88. The van der Waals surface area contributed by atoms with Gasteiger partial charge in [-0.25, -0.2) is 0 Å². The molecular weight excluding hydrogens is 250 g/mol. The lowest BCUT2D eigenvalue weighted by Crippen LogP contribution is -2.12. The van der Waals surface area contributed by atoms with Crippen molar-refractivity contribution in [1.29, 1.82) is 0 Å². The van der Waals surface area contributed by atoms with Crippen molar-refractivity contribution in [2.24, 2.45) is 0 Å². The van der Waals surface area contributed by atoms with E-state index in [-0.39, 0.29) is 5.91 Å². The van der Waals surface area contributed by atoms with E-state index in [9.17, 15) is 4.79 Å². The summed E-state index contributed by atoms with van der Waals surface area (Å²) in [6, 6.07) is 1.85. The third-order valence-electron chi connectivity index (χ3n) is 2.49. The molecule has 0 bridgehead atoms. The Morgan fingerprint density at radius 1 is 1.50 bits per heavy atom. The number of aryl methyl sites for hydroxylation is 2. The lowest BCUT2D eigenvalue weighted by molar-refractivity contribution is 0.102. The molecule has 2 heterocycles. The fourth-order valence-corrected chi connectivity index (χ4v) is 2.25. The fourth-order valence-electron chi connectivity index (χ4n) is 1.61. The number of amides is 1. The smallest absolute Gasteiger partial charge is 0.270 e. The van der Waals surface area contributed by atoms with Crippen molar-refractivity contribution < 1.29 is 4.79 Å². The maximum atomic E-state index is 12.0. The number of nitrogens with one attached hydrogen (secondary N) is 2. The largest absolute Gasteiger partial charge is 0.304 e. The monoisotopic (exact) mass is 265 g/mol. The first-order valence-electron chi connectivity index (χ1n) is 5.91. The quantitative estimate of drug-likeness (QED) is 0.866. The van der Waals surface area contributed by atoms with E-state index >= 15 is 0 Å². The van der Waals surface area contributed by atoms with Crippen LogP contribution in [-0.4, -0.2) is 25.7 Å². The van der Waals surface area contributed by atoms with Crippen molar-refractivity contribution in [3.63, 3.8) is 0 Å². The third-order valence-corrected chi connectivity index (χ3v) is 3.26. The van der Waals surface area contributed by atoms with Gasteiger partial charge < -0.3 is 5.32 Å². The number of anilines is 1. The Balaban J connectivity index is 2.06. The fraction of sp³-hybridized carbons (Fsp3) is 0.455. The lowest BCUT2D eigenvalue weighted by atomic mass is 10.2. The maximum absolute atomic E-state index is 12.0. The van der Waals surface area contributed by atoms with Crippen molar-refractivity contribution in [2.45, 2.75) is 33.1 Å². The molecule has 96 valence electrons. The van der Waals surface area contributed by atoms with Crippen LogP contribution in [0.3, 0.4) is 0 Å². The van der Waals surface area contributed by atoms with Crippen molar-refractivity contribution in [3.8, 4) is 0 Å². The molecule has 0 saturated carbocycles. The summed E-state index contributed by atoms with van der Waals surface area (Å²) in [4.78, 5) is 12.5. The van der Waals surface area contributed by atoms with Crippen molar-refractivity contribution in [2.75, 3.05) is 5.32 Å². The zero-order chi connectivity index (χ0) is 13.0. The van der Waals surface area contributed by atoms with E-state index in [4.69, 9.17) is 0 Å². The predicted molar refractivity (Wildman–Crippen MR) is 69.8 cm³/mol. The first-order chi connectivity index (χ1) is 8.74. The average molecular weight is 265 g/mol. The van der Waals surface area contributed by atoms with Crippen LogP contribution in [0.4, 0.5) is 5.82 Å². The number of H-pyrrole nitrogens is 1. The van der Waals surface area contributed by atoms with Gasteiger partial charge >= 0.3 is 0 Å². The van der Waals surface area contributed by atoms with Crippen LogP contribution in [-0.2, 0) is 12.8 Å². The van der Waals surface area contributed by atoms with E-state index < -0.39 is 0 Å². The van der Waals surface area contributed by atoms with Gasteiger partial charge in [-0.15, -0.1) is 5.10 Å². The van der Waals surface area contributed by atoms with Gasteiger partial charge in [-0.3, -0.25) is 9.89 Å². The standard InChI is InChI=1S/C11H15N5OS/c1-3-5-7-6-9(15-13-7)12-11(17)10-8(4-2)14-16-18-10/h6H,3-5H2,1-2H3,(H2,12,13,15,17). The van der Waals surface area contributed by atoms with E-state index in [1.54, 1.807) is 0 Å². The van der Waals surface area contributed by atoms with Gasteiger partial charge in [0.1, 0.15) is 4.88 Å². The van der Waals surface area contributed by atoms with Crippen LogP contribution in [0.5, 0.6) is 0 Å². The molecule has 0 fully saturated rings. The van der Waals surface area contributed by atoms with Crippen molar-refractivity contribution in [1.82, 2.24) is 19.8 Å². The number of aromatic amines is 1. The van der Waals surface area contributed by atoms with Crippen molar-refractivity contribution in [3.05, 3.63) is 22.3 Å². The van der Waals surface area contributed by atoms with Crippen molar-refractivity contribution >= 4 is 23.3 Å². The van der Waals surface area contributed by atoms with Crippen LogP contribution in [0.1, 0.15) is 41.3 Å². The summed E-state index contributed by atoms with van der Waals surface area (Å²) >= 11 is 1.11. The van der Waals surface area contributed by atoms with Crippen LogP contribution in [0.15, 0.2) is 6.07 Å². The molecule has 2 rings (SSSR count). The molecule has 0 saturated heterocycles. The van der Waals surface area contributed by atoms with Crippen LogP contribution < -0.4 is 5.32 Å². The molecule has 0 unspecified atom stereocenters. The van der Waals surface area contributed by atoms with Crippen LogP contribution >= 0.6 is 11.5 Å². The Morgan fingerprint density at radius 3 is 3.06 bits per heavy atom. The van der Waals surface area contributed by atoms with Gasteiger partial charge in [-0.2, -0.15) is 5.10 Å². The molecule has 0 spiro atoms. The number of carbonyl (C=O) groups excluding carboxylic acids is 1. The van der Waals surface area contributed by atoms with Gasteiger partial charge in [0.25, 0.3) is 5.91 Å². The highest BCUT2D eigenvalue weighted by Gasteiger charge is 2.16. The van der Waals surface area contributed by atoms with Gasteiger partial charge in [0.2, 0.25) is 0 Å². The Labute approximate surface area is 109 Å². The number of aromatic nitrogens is 4. The lowest BCUT2D eigenvalue weighted by Gasteiger charge is -1.99. The third kappa shape index (κ3) is 2.73. The Morgan fingerprint density at radius 2 is 2.33 bits per heavy atom. The summed E-state index contributed by atoms with van der Waals surface area (Å²) in [7, 11) is 0. The SMILES string of the molecule is CCCc1cc(NC(=O)c2snnc2CC)n[nH]1. The van der Waals surface area contributed by atoms with Crippen LogP contribution in [0.25, 0.3) is 0 Å². The molecule has 2 N–H and O–H groups in total. The van der Waals surface area contributed by atoms with E-state index in [1.807, 2.05) is 13.0 Å². The highest BCUT2D eigenvalue weighted by atomic mass is 32.1. The minimum atomic E-state index is -0.198. The van der Waals surface area contributed by atoms with E-state index in [2.05, 4.69) is 32.0 Å². The summed E-state index contributed by atoms with van der Waals surface area (Å²) in [5.41, 5.74) is 1.74. The highest BCUT2D eigenvalue weighted by molar-refractivity contribution is 7.08. The zero-order valence-corrected chi connectivity index (χ0v) is 11.2. The van der Waals surface area contributed by atoms with E-state index in [0.29, 0.717) is 17.1 Å². The molecule has 0 aliphatic heterocycles. The summed E-state index contributed by atoms with van der Waals surface area (Å²) < 4.78 is 3.79. The molecule has 6 nitrogen and oxygen atoms in total. The Bertz CT molecular complexity index is 533. The topological polar surface area (TPSA) is 83.6 Å². The predicted octanol–water partition coefficient (Wildman–Crippen LogP) is 2.03. The maximum Gasteiger partial charge on any atom is 0.270 e. The second kappa shape index (κ2) is 5.72. The minimum Gasteiger partial charge on any atom is -0.304 e. The highest BCUT2D eigenvalue weighted by Crippen LogP contribution is 2.14. The number of hydrogen-bond acceptors (Lipinski definition) is 5. The molecule has 0 aliphatic carbocycles. The number of hydrogen-bond donors (Lipinski definition) is 2. The number of rotatable bonds is 5. The first-order valence-corrected chi connectivity index (χ1v) is 6.68. The average Bonchev–Trinajstić information content (AvgIpc) is 2.98. The number of nitrogens with zero attached hydrogens (tertiary/aromatic N) is 3. The summed E-state index contributed by atoms with van der Waals surface area (Å²) in [5, 5.41) is 13.6. The number of carbonyl (C=O) groups is 1. The summed E-state index contributed by atoms with van der Waals surface area (Å²) in [5.74, 6) is 0.343. The molecule has 0 radical (unpaired) electrons. The molecule has 0 aromatic carbocycles. The molecule has 1 amide bonds. The van der Waals surface area contributed by atoms with Gasteiger partial charge in [-0.1, -0.05) is 24.8 Å². The molecule has 7 heteroatoms. The van der Waals surface area contributed by atoms with E-state index in [0.717, 1.165) is 35.8 Å². The van der Waals surface area contributed by atoms with Gasteiger partial charge in [-0.05, 0) is 24.4 Å². The first kappa shape index (κ1) is 12.7. The van der Waals surface area contributed by atoms with E-state index in [1.165, 1.54) is 0 Å². The van der Waals surface area contributed by atoms with Gasteiger partial charge in [0, 0.05) is 11.8 Å². The zero-order valence-electron chi connectivity index (χ0n) is 10.4. The van der Waals surface area contributed by atoms with Gasteiger partial charge in [0.15, 0.2) is 5.82 Å². The Kier molecular flexibility index (Phi) is 4.03. The molecule has 0 atom stereocenters. The van der Waals surface area contributed by atoms with Crippen LogP contribution in [0, 0.1) is 0 Å². The summed E-state index contributed by atoms with van der Waals surface area (Å²) in [6.45, 7) is 4.04. The molecule has 0 aliphatic rings. The molecular formula is C11H15N5OS. The molecule has 2 aromatic rings. The van der Waals surface area contributed by atoms with Gasteiger partial charge in [0.05, 0.1) is 5.69 Å². The summed E-state index contributed by atoms with van der Waals surface area (Å²) in [6.07, 6.45) is 2.65.